The van der Waals surface area contributed by atoms with Gasteiger partial charge in [-0.1, -0.05) is 18.2 Å². The molecule has 1 aliphatic carbocycles. The summed E-state index contributed by atoms with van der Waals surface area (Å²) in [6.07, 6.45) is 2.20. The molecule has 0 radical (unpaired) electrons. The first-order chi connectivity index (χ1) is 12.6. The van der Waals surface area contributed by atoms with Gasteiger partial charge in [-0.3, -0.25) is 4.79 Å². The zero-order valence-corrected chi connectivity index (χ0v) is 14.6. The van der Waals surface area contributed by atoms with E-state index in [2.05, 4.69) is 0 Å². The molecule has 4 rings (SSSR count). The van der Waals surface area contributed by atoms with Crippen LogP contribution < -0.4 is 10.5 Å². The van der Waals surface area contributed by atoms with Crippen LogP contribution in [0.4, 0.5) is 4.39 Å². The highest BCUT2D eigenvalue weighted by Gasteiger charge is 2.42. The second-order valence-corrected chi connectivity index (χ2v) is 7.32. The third-order valence-corrected chi connectivity index (χ3v) is 5.58. The number of fused-ring (bicyclic) bond motifs is 1. The van der Waals surface area contributed by atoms with E-state index in [0.717, 1.165) is 31.5 Å². The van der Waals surface area contributed by atoms with Gasteiger partial charge in [-0.05, 0) is 54.5 Å². The summed E-state index contributed by atoms with van der Waals surface area (Å²) < 4.78 is 18.8. The second-order valence-electron chi connectivity index (χ2n) is 7.32. The van der Waals surface area contributed by atoms with E-state index < -0.39 is 0 Å². The third kappa shape index (κ3) is 3.44. The molecule has 1 saturated heterocycles. The first-order valence-electron chi connectivity index (χ1n) is 9.12. The molecule has 5 heteroatoms. The minimum atomic E-state index is -0.329. The Labute approximate surface area is 152 Å². The molecule has 1 heterocycles. The summed E-state index contributed by atoms with van der Waals surface area (Å²) in [6.45, 7) is 1.86. The quantitative estimate of drug-likeness (QED) is 0.917. The molecule has 4 nitrogen and oxygen atoms in total. The number of likely N-dealkylation sites (tertiary alicyclic amines) is 1. The zero-order valence-electron chi connectivity index (χ0n) is 14.6. The van der Waals surface area contributed by atoms with E-state index in [0.29, 0.717) is 29.8 Å². The van der Waals surface area contributed by atoms with Crippen molar-refractivity contribution in [1.29, 1.82) is 0 Å². The number of rotatable bonds is 4. The SMILES string of the molecule is NC1CCC2CN(C(=O)c3cccc(COc4cccc(F)c4)c3)CC12. The Morgan fingerprint density at radius 1 is 1.15 bits per heavy atom. The van der Waals surface area contributed by atoms with Gasteiger partial charge in [-0.2, -0.15) is 0 Å². The molecule has 2 aromatic carbocycles. The van der Waals surface area contributed by atoms with Crippen molar-refractivity contribution in [2.75, 3.05) is 13.1 Å². The first kappa shape index (κ1) is 17.0. The van der Waals surface area contributed by atoms with E-state index in [4.69, 9.17) is 10.5 Å². The standard InChI is InChI=1S/C21H23FN2O2/c22-17-5-2-6-18(10-17)26-13-14-3-1-4-15(9-14)21(25)24-11-16-7-8-20(23)19(16)12-24/h1-6,9-10,16,19-20H,7-8,11-13,23H2. The third-order valence-electron chi connectivity index (χ3n) is 5.58. The minimum absolute atomic E-state index is 0.0548. The van der Waals surface area contributed by atoms with Gasteiger partial charge >= 0.3 is 0 Å². The van der Waals surface area contributed by atoms with Gasteiger partial charge in [0.25, 0.3) is 5.91 Å². The fraction of sp³-hybridized carbons (Fsp3) is 0.381. The van der Waals surface area contributed by atoms with Crippen LogP contribution in [-0.4, -0.2) is 29.9 Å². The van der Waals surface area contributed by atoms with Crippen LogP contribution in [0.25, 0.3) is 0 Å². The van der Waals surface area contributed by atoms with Crippen molar-refractivity contribution in [3.8, 4) is 5.75 Å². The number of carbonyl (C=O) groups is 1. The molecule has 3 unspecified atom stereocenters. The van der Waals surface area contributed by atoms with Gasteiger partial charge in [0.15, 0.2) is 0 Å². The molecule has 1 amide bonds. The molecule has 0 aromatic heterocycles. The summed E-state index contributed by atoms with van der Waals surface area (Å²) >= 11 is 0. The maximum atomic E-state index is 13.2. The highest BCUT2D eigenvalue weighted by Crippen LogP contribution is 2.37. The van der Waals surface area contributed by atoms with Gasteiger partial charge in [0, 0.05) is 30.8 Å². The number of nitrogens with two attached hydrogens (primary N) is 1. The summed E-state index contributed by atoms with van der Waals surface area (Å²) in [6, 6.07) is 13.7. The fourth-order valence-corrected chi connectivity index (χ4v) is 4.17. The Balaban J connectivity index is 1.41. The summed E-state index contributed by atoms with van der Waals surface area (Å²) in [5, 5.41) is 0. The van der Waals surface area contributed by atoms with E-state index in [9.17, 15) is 9.18 Å². The maximum absolute atomic E-state index is 13.2. The summed E-state index contributed by atoms with van der Waals surface area (Å²) in [5.41, 5.74) is 7.72. The lowest BCUT2D eigenvalue weighted by molar-refractivity contribution is 0.0779. The Morgan fingerprint density at radius 2 is 2.00 bits per heavy atom. The molecule has 3 atom stereocenters. The lowest BCUT2D eigenvalue weighted by Crippen LogP contribution is -2.33. The molecular formula is C21H23FN2O2. The molecule has 2 fully saturated rings. The predicted molar refractivity (Wildman–Crippen MR) is 97.3 cm³/mol. The normalized spacial score (nSPS) is 24.5. The zero-order chi connectivity index (χ0) is 18.1. The summed E-state index contributed by atoms with van der Waals surface area (Å²) in [7, 11) is 0. The number of hydrogen-bond acceptors (Lipinski definition) is 3. The largest absolute Gasteiger partial charge is 0.489 e. The number of amides is 1. The van der Waals surface area contributed by atoms with Crippen molar-refractivity contribution in [1.82, 2.24) is 4.90 Å². The van der Waals surface area contributed by atoms with Crippen LogP contribution in [0.5, 0.6) is 5.75 Å². The van der Waals surface area contributed by atoms with Crippen LogP contribution in [0.15, 0.2) is 48.5 Å². The molecule has 2 N–H and O–H groups in total. The molecule has 2 aromatic rings. The Morgan fingerprint density at radius 3 is 2.81 bits per heavy atom. The number of halogens is 1. The van der Waals surface area contributed by atoms with Crippen molar-refractivity contribution < 1.29 is 13.9 Å². The Kier molecular flexibility index (Phi) is 4.64. The number of nitrogens with zero attached hydrogens (tertiary/aromatic N) is 1. The lowest BCUT2D eigenvalue weighted by atomic mass is 9.98. The first-order valence-corrected chi connectivity index (χ1v) is 9.12. The monoisotopic (exact) mass is 354 g/mol. The smallest absolute Gasteiger partial charge is 0.253 e. The van der Waals surface area contributed by atoms with Gasteiger partial charge in [0.05, 0.1) is 0 Å². The summed E-state index contributed by atoms with van der Waals surface area (Å²) in [5.74, 6) is 1.19. The Hall–Kier alpha value is -2.40. The van der Waals surface area contributed by atoms with Crippen LogP contribution >= 0.6 is 0 Å². The van der Waals surface area contributed by atoms with Crippen LogP contribution in [-0.2, 0) is 6.61 Å². The van der Waals surface area contributed by atoms with Crippen molar-refractivity contribution in [3.63, 3.8) is 0 Å². The van der Waals surface area contributed by atoms with Crippen molar-refractivity contribution in [2.24, 2.45) is 17.6 Å². The van der Waals surface area contributed by atoms with E-state index in [1.165, 1.54) is 12.1 Å². The van der Waals surface area contributed by atoms with Gasteiger partial charge in [0.2, 0.25) is 0 Å². The predicted octanol–water partition coefficient (Wildman–Crippen LogP) is 3.21. The topological polar surface area (TPSA) is 55.6 Å². The van der Waals surface area contributed by atoms with Crippen LogP contribution in [0.3, 0.4) is 0 Å². The van der Waals surface area contributed by atoms with Crippen LogP contribution in [0, 0.1) is 17.7 Å². The van der Waals surface area contributed by atoms with Gasteiger partial charge in [0.1, 0.15) is 18.2 Å². The molecule has 0 bridgehead atoms. The molecule has 2 aliphatic rings. The fourth-order valence-electron chi connectivity index (χ4n) is 4.17. The van der Waals surface area contributed by atoms with Gasteiger partial charge in [-0.15, -0.1) is 0 Å². The average molecular weight is 354 g/mol. The number of ether oxygens (including phenoxy) is 1. The van der Waals surface area contributed by atoms with Crippen LogP contribution in [0.2, 0.25) is 0 Å². The molecule has 1 saturated carbocycles. The lowest BCUT2D eigenvalue weighted by Gasteiger charge is -2.19. The van der Waals surface area contributed by atoms with Gasteiger partial charge < -0.3 is 15.4 Å². The molecule has 26 heavy (non-hydrogen) atoms. The van der Waals surface area contributed by atoms with Crippen molar-refractivity contribution >= 4 is 5.91 Å². The van der Waals surface area contributed by atoms with E-state index in [1.807, 2.05) is 29.2 Å². The van der Waals surface area contributed by atoms with Crippen LogP contribution in [0.1, 0.15) is 28.8 Å². The average Bonchev–Trinajstić information content (AvgIpc) is 3.22. The van der Waals surface area contributed by atoms with Crippen molar-refractivity contribution in [3.05, 3.63) is 65.5 Å². The van der Waals surface area contributed by atoms with Crippen molar-refractivity contribution in [2.45, 2.75) is 25.5 Å². The summed E-state index contributed by atoms with van der Waals surface area (Å²) in [4.78, 5) is 14.8. The van der Waals surface area contributed by atoms with E-state index in [-0.39, 0.29) is 17.8 Å². The number of hydrogen-bond donors (Lipinski definition) is 1. The maximum Gasteiger partial charge on any atom is 0.253 e. The molecule has 0 spiro atoms. The number of carbonyl (C=O) groups excluding carboxylic acids is 1. The number of benzene rings is 2. The Bertz CT molecular complexity index is 810. The van der Waals surface area contributed by atoms with Gasteiger partial charge in [-0.25, -0.2) is 4.39 Å². The van der Waals surface area contributed by atoms with E-state index >= 15 is 0 Å². The highest BCUT2D eigenvalue weighted by atomic mass is 19.1. The second kappa shape index (κ2) is 7.08. The molecular weight excluding hydrogens is 331 g/mol. The molecule has 1 aliphatic heterocycles. The van der Waals surface area contributed by atoms with E-state index in [1.54, 1.807) is 12.1 Å². The highest BCUT2D eigenvalue weighted by molar-refractivity contribution is 5.94. The molecule has 136 valence electrons. The minimum Gasteiger partial charge on any atom is -0.489 e.